The highest BCUT2D eigenvalue weighted by molar-refractivity contribution is 5.94. The van der Waals surface area contributed by atoms with Crippen LogP contribution < -0.4 is 10.1 Å². The Bertz CT molecular complexity index is 809. The Hall–Kier alpha value is -2.74. The van der Waals surface area contributed by atoms with Crippen molar-refractivity contribution in [1.29, 1.82) is 0 Å². The number of ether oxygens (including phenoxy) is 1. The maximum atomic E-state index is 12.2. The van der Waals surface area contributed by atoms with E-state index in [1.54, 1.807) is 0 Å². The predicted molar refractivity (Wildman–Crippen MR) is 93.1 cm³/mol. The summed E-state index contributed by atoms with van der Waals surface area (Å²) in [4.78, 5) is 12.2. The van der Waals surface area contributed by atoms with Crippen LogP contribution in [0.3, 0.4) is 0 Å². The molecule has 24 heavy (non-hydrogen) atoms. The fourth-order valence-corrected chi connectivity index (χ4v) is 2.97. The van der Waals surface area contributed by atoms with Crippen molar-refractivity contribution >= 4 is 11.7 Å². The molecule has 5 heteroatoms. The summed E-state index contributed by atoms with van der Waals surface area (Å²) in [6.45, 7) is 6.40. The molecule has 1 N–H and O–H groups in total. The Kier molecular flexibility index (Phi) is 4.06. The quantitative estimate of drug-likeness (QED) is 0.883. The van der Waals surface area contributed by atoms with Crippen molar-refractivity contribution in [3.05, 3.63) is 41.6 Å². The molecule has 3 rings (SSSR count). The Morgan fingerprint density at radius 1 is 1.46 bits per heavy atom. The van der Waals surface area contributed by atoms with Gasteiger partial charge in [-0.1, -0.05) is 18.1 Å². The van der Waals surface area contributed by atoms with Crippen LogP contribution in [0.1, 0.15) is 44.2 Å². The van der Waals surface area contributed by atoms with Crippen LogP contribution in [0.25, 0.3) is 0 Å². The average Bonchev–Trinajstić information content (AvgIpc) is 2.96. The fraction of sp³-hybridized carbons (Fsp3) is 0.368. The van der Waals surface area contributed by atoms with Gasteiger partial charge in [0, 0.05) is 17.9 Å². The Morgan fingerprint density at radius 2 is 2.25 bits per heavy atom. The lowest BCUT2D eigenvalue weighted by molar-refractivity contribution is -0.116. The molecule has 0 aliphatic carbocycles. The lowest BCUT2D eigenvalue weighted by Crippen LogP contribution is -2.30. The summed E-state index contributed by atoms with van der Waals surface area (Å²) >= 11 is 0. The number of terminal acetylenes is 1. The molecule has 1 amide bonds. The van der Waals surface area contributed by atoms with Gasteiger partial charge in [0.15, 0.2) is 0 Å². The molecular formula is C19H21N3O2. The first-order valence-electron chi connectivity index (χ1n) is 7.94. The molecule has 1 atom stereocenters. The van der Waals surface area contributed by atoms with Crippen molar-refractivity contribution in [2.75, 3.05) is 11.9 Å². The van der Waals surface area contributed by atoms with Crippen LogP contribution in [0.5, 0.6) is 5.75 Å². The zero-order valence-electron chi connectivity index (χ0n) is 14.2. The van der Waals surface area contributed by atoms with E-state index in [0.29, 0.717) is 12.2 Å². The first-order valence-corrected chi connectivity index (χ1v) is 7.94. The van der Waals surface area contributed by atoms with Crippen LogP contribution >= 0.6 is 0 Å². The van der Waals surface area contributed by atoms with Crippen molar-refractivity contribution in [3.8, 4) is 18.1 Å². The van der Waals surface area contributed by atoms with Gasteiger partial charge in [-0.15, -0.1) is 6.42 Å². The first-order chi connectivity index (χ1) is 11.4. The number of rotatable bonds is 3. The number of nitrogens with zero attached hydrogens (tertiary/aromatic N) is 2. The van der Waals surface area contributed by atoms with Crippen LogP contribution in [0, 0.1) is 12.3 Å². The SMILES string of the molecule is C#CCOc1cccc([C@H]2CC(=O)Nc3c2cnn3C(C)(C)C)c1. The van der Waals surface area contributed by atoms with Gasteiger partial charge in [0.25, 0.3) is 0 Å². The Balaban J connectivity index is 2.01. The topological polar surface area (TPSA) is 56.1 Å². The van der Waals surface area contributed by atoms with Crippen molar-refractivity contribution in [2.24, 2.45) is 0 Å². The molecule has 5 nitrogen and oxygen atoms in total. The second-order valence-corrected chi connectivity index (χ2v) is 6.90. The van der Waals surface area contributed by atoms with Crippen LogP contribution in [-0.2, 0) is 10.3 Å². The highest BCUT2D eigenvalue weighted by Crippen LogP contribution is 2.39. The minimum Gasteiger partial charge on any atom is -0.481 e. The molecular weight excluding hydrogens is 302 g/mol. The van der Waals surface area contributed by atoms with Crippen molar-refractivity contribution < 1.29 is 9.53 Å². The number of benzene rings is 1. The summed E-state index contributed by atoms with van der Waals surface area (Å²) in [7, 11) is 0. The second kappa shape index (κ2) is 6.04. The van der Waals surface area contributed by atoms with Gasteiger partial charge < -0.3 is 10.1 Å². The van der Waals surface area contributed by atoms with Crippen molar-refractivity contribution in [1.82, 2.24) is 9.78 Å². The number of carbonyl (C=O) groups excluding carboxylic acids is 1. The maximum Gasteiger partial charge on any atom is 0.226 e. The lowest BCUT2D eigenvalue weighted by atomic mass is 9.87. The van der Waals surface area contributed by atoms with Crippen molar-refractivity contribution in [3.63, 3.8) is 0 Å². The zero-order chi connectivity index (χ0) is 17.3. The highest BCUT2D eigenvalue weighted by atomic mass is 16.5. The van der Waals surface area contributed by atoms with Gasteiger partial charge in [-0.3, -0.25) is 4.79 Å². The van der Waals surface area contributed by atoms with Gasteiger partial charge in [0.1, 0.15) is 18.2 Å². The number of amides is 1. The number of carbonyl (C=O) groups is 1. The number of fused-ring (bicyclic) bond motifs is 1. The van der Waals surface area contributed by atoms with Crippen LogP contribution in [0.2, 0.25) is 0 Å². The third-order valence-electron chi connectivity index (χ3n) is 4.04. The lowest BCUT2D eigenvalue weighted by Gasteiger charge is -2.28. The van der Waals surface area contributed by atoms with Gasteiger partial charge in [-0.25, -0.2) is 4.68 Å². The molecule has 0 radical (unpaired) electrons. The predicted octanol–water partition coefficient (Wildman–Crippen LogP) is 3.12. The number of anilines is 1. The van der Waals surface area contributed by atoms with Gasteiger partial charge in [0.05, 0.1) is 11.7 Å². The third-order valence-corrected chi connectivity index (χ3v) is 4.04. The van der Waals surface area contributed by atoms with E-state index in [2.05, 4.69) is 37.1 Å². The molecule has 1 aromatic carbocycles. The monoisotopic (exact) mass is 323 g/mol. The smallest absolute Gasteiger partial charge is 0.226 e. The summed E-state index contributed by atoms with van der Waals surface area (Å²) in [5.74, 6) is 3.90. The van der Waals surface area contributed by atoms with E-state index in [0.717, 1.165) is 16.9 Å². The molecule has 0 saturated heterocycles. The van der Waals surface area contributed by atoms with E-state index < -0.39 is 0 Å². The van der Waals surface area contributed by atoms with Crippen LogP contribution in [-0.4, -0.2) is 22.3 Å². The first kappa shape index (κ1) is 16.1. The van der Waals surface area contributed by atoms with Crippen LogP contribution in [0.15, 0.2) is 30.5 Å². The molecule has 1 aliphatic heterocycles. The second-order valence-electron chi connectivity index (χ2n) is 6.90. The largest absolute Gasteiger partial charge is 0.481 e. The molecule has 0 spiro atoms. The fourth-order valence-electron chi connectivity index (χ4n) is 2.97. The van der Waals surface area contributed by atoms with Crippen molar-refractivity contribution in [2.45, 2.75) is 38.6 Å². The van der Waals surface area contributed by atoms with Crippen LogP contribution in [0.4, 0.5) is 5.82 Å². The van der Waals surface area contributed by atoms with Gasteiger partial charge >= 0.3 is 0 Å². The molecule has 2 heterocycles. The van der Waals surface area contributed by atoms with E-state index in [9.17, 15) is 4.79 Å². The molecule has 2 aromatic rings. The molecule has 1 aromatic heterocycles. The standard InChI is InChI=1S/C19H21N3O2/c1-5-9-24-14-8-6-7-13(10-14)15-11-17(23)21-18-16(15)12-20-22(18)19(2,3)4/h1,6-8,10,12,15H,9,11H2,2-4H3,(H,21,23)/t15-/m1/s1. The van der Waals surface area contributed by atoms with E-state index in [4.69, 9.17) is 11.2 Å². The molecule has 0 fully saturated rings. The molecule has 0 bridgehead atoms. The molecule has 0 unspecified atom stereocenters. The summed E-state index contributed by atoms with van der Waals surface area (Å²) in [5.41, 5.74) is 1.84. The van der Waals surface area contributed by atoms with Gasteiger partial charge in [-0.2, -0.15) is 5.10 Å². The molecule has 0 saturated carbocycles. The maximum absolute atomic E-state index is 12.2. The summed E-state index contributed by atoms with van der Waals surface area (Å²) in [5, 5.41) is 7.46. The Labute approximate surface area is 142 Å². The third kappa shape index (κ3) is 3.00. The zero-order valence-corrected chi connectivity index (χ0v) is 14.2. The molecule has 1 aliphatic rings. The number of nitrogens with one attached hydrogen (secondary N) is 1. The normalized spacial score (nSPS) is 16.9. The van der Waals surface area contributed by atoms with E-state index in [-0.39, 0.29) is 24.0 Å². The van der Waals surface area contributed by atoms with Gasteiger partial charge in [0.2, 0.25) is 5.91 Å². The van der Waals surface area contributed by atoms with E-state index in [1.807, 2.05) is 35.1 Å². The number of hydrogen-bond acceptors (Lipinski definition) is 3. The van der Waals surface area contributed by atoms with Gasteiger partial charge in [-0.05, 0) is 38.5 Å². The number of hydrogen-bond donors (Lipinski definition) is 1. The Morgan fingerprint density at radius 3 is 2.96 bits per heavy atom. The minimum absolute atomic E-state index is 0.00607. The highest BCUT2D eigenvalue weighted by Gasteiger charge is 2.32. The summed E-state index contributed by atoms with van der Waals surface area (Å²) < 4.78 is 7.37. The summed E-state index contributed by atoms with van der Waals surface area (Å²) in [6.07, 6.45) is 7.48. The van der Waals surface area contributed by atoms with E-state index in [1.165, 1.54) is 0 Å². The average molecular weight is 323 g/mol. The minimum atomic E-state index is -0.208. The summed E-state index contributed by atoms with van der Waals surface area (Å²) in [6, 6.07) is 7.73. The molecule has 124 valence electrons. The number of aromatic nitrogens is 2. The van der Waals surface area contributed by atoms with E-state index >= 15 is 0 Å².